The molecule has 3 aliphatic rings. The van der Waals surface area contributed by atoms with Crippen molar-refractivity contribution in [1.82, 2.24) is 5.32 Å². The van der Waals surface area contributed by atoms with E-state index in [0.29, 0.717) is 27.3 Å². The first-order chi connectivity index (χ1) is 14.3. The van der Waals surface area contributed by atoms with Crippen LogP contribution in [-0.4, -0.2) is 31.3 Å². The first-order valence-corrected chi connectivity index (χ1v) is 10.9. The van der Waals surface area contributed by atoms with Crippen LogP contribution in [-0.2, 0) is 10.2 Å². The fourth-order valence-electron chi connectivity index (χ4n) is 6.05. The van der Waals surface area contributed by atoms with Gasteiger partial charge in [0.05, 0.1) is 13.3 Å². The van der Waals surface area contributed by atoms with E-state index in [2.05, 4.69) is 10.6 Å². The van der Waals surface area contributed by atoms with Crippen LogP contribution >= 0.6 is 34.8 Å². The molecule has 2 N–H and O–H groups in total. The van der Waals surface area contributed by atoms with Crippen LogP contribution in [0.15, 0.2) is 36.4 Å². The van der Waals surface area contributed by atoms with Crippen molar-refractivity contribution in [3.8, 4) is 0 Å². The van der Waals surface area contributed by atoms with Gasteiger partial charge in [-0.3, -0.25) is 13.6 Å². The molecular weight excluding hydrogens is 453 g/mol. The molecule has 30 heavy (non-hydrogen) atoms. The lowest BCUT2D eigenvalue weighted by Gasteiger charge is -2.59. The Bertz CT molecular complexity index is 1030. The molecule has 2 heterocycles. The van der Waals surface area contributed by atoms with Gasteiger partial charge in [0.15, 0.2) is 0 Å². The highest BCUT2D eigenvalue weighted by molar-refractivity contribution is 6.34. The topological polar surface area (TPSA) is 41.1 Å². The SMILES string of the molecule is O=C1Nc2cc(Cl)ccc2[C@@]12[C@@H](c1cc(Cl)cc(Cl)c1)CNC21CC(CF)(CF)C1. The number of halogens is 5. The summed E-state index contributed by atoms with van der Waals surface area (Å²) in [5, 5.41) is 7.90. The second-order valence-electron chi connectivity index (χ2n) is 8.79. The molecule has 2 aliphatic heterocycles. The van der Waals surface area contributed by atoms with E-state index in [-0.39, 0.29) is 24.7 Å². The highest BCUT2D eigenvalue weighted by Gasteiger charge is 2.74. The summed E-state index contributed by atoms with van der Waals surface area (Å²) in [4.78, 5) is 13.7. The van der Waals surface area contributed by atoms with Crippen LogP contribution in [0.5, 0.6) is 0 Å². The van der Waals surface area contributed by atoms with E-state index in [9.17, 15) is 13.6 Å². The number of carbonyl (C=O) groups excluding carboxylic acids is 1. The molecule has 2 fully saturated rings. The molecule has 8 heteroatoms. The van der Waals surface area contributed by atoms with E-state index >= 15 is 0 Å². The Labute approximate surface area is 188 Å². The van der Waals surface area contributed by atoms with Gasteiger partial charge in [0.25, 0.3) is 0 Å². The second kappa shape index (κ2) is 6.80. The molecule has 0 radical (unpaired) electrons. The van der Waals surface area contributed by atoms with E-state index in [1.165, 1.54) is 0 Å². The third-order valence-electron chi connectivity index (χ3n) is 7.14. The molecule has 1 saturated heterocycles. The van der Waals surface area contributed by atoms with Gasteiger partial charge in [-0.15, -0.1) is 0 Å². The van der Waals surface area contributed by atoms with Gasteiger partial charge in [-0.2, -0.15) is 0 Å². The predicted molar refractivity (Wildman–Crippen MR) is 115 cm³/mol. The normalized spacial score (nSPS) is 27.9. The zero-order valence-electron chi connectivity index (χ0n) is 15.9. The monoisotopic (exact) mass is 470 g/mol. The Morgan fingerprint density at radius 2 is 1.63 bits per heavy atom. The van der Waals surface area contributed by atoms with Crippen molar-refractivity contribution in [2.24, 2.45) is 5.41 Å². The second-order valence-corrected chi connectivity index (χ2v) is 10.1. The summed E-state index contributed by atoms with van der Waals surface area (Å²) in [7, 11) is 0. The highest BCUT2D eigenvalue weighted by Crippen LogP contribution is 2.67. The zero-order chi connectivity index (χ0) is 21.3. The minimum absolute atomic E-state index is 0.197. The van der Waals surface area contributed by atoms with Gasteiger partial charge in [0, 0.05) is 44.2 Å². The van der Waals surface area contributed by atoms with Crippen LogP contribution in [0.2, 0.25) is 15.1 Å². The smallest absolute Gasteiger partial charge is 0.237 e. The lowest BCUT2D eigenvalue weighted by atomic mass is 9.46. The average molecular weight is 472 g/mol. The largest absolute Gasteiger partial charge is 0.325 e. The molecule has 0 bridgehead atoms. The van der Waals surface area contributed by atoms with E-state index in [1.807, 2.05) is 6.07 Å². The fraction of sp³-hybridized carbons (Fsp3) is 0.409. The number of rotatable bonds is 3. The first-order valence-electron chi connectivity index (χ1n) is 9.74. The number of amides is 1. The van der Waals surface area contributed by atoms with Gasteiger partial charge in [0.2, 0.25) is 5.91 Å². The van der Waals surface area contributed by atoms with Gasteiger partial charge in [0.1, 0.15) is 5.41 Å². The lowest BCUT2D eigenvalue weighted by Crippen LogP contribution is -2.70. The highest BCUT2D eigenvalue weighted by atomic mass is 35.5. The predicted octanol–water partition coefficient (Wildman–Crippen LogP) is 5.68. The van der Waals surface area contributed by atoms with E-state index < -0.39 is 29.7 Å². The Morgan fingerprint density at radius 3 is 2.27 bits per heavy atom. The minimum atomic E-state index is -1.06. The van der Waals surface area contributed by atoms with Crippen molar-refractivity contribution < 1.29 is 13.6 Å². The van der Waals surface area contributed by atoms with Gasteiger partial charge >= 0.3 is 0 Å². The maximum absolute atomic E-state index is 13.8. The Morgan fingerprint density at radius 1 is 0.967 bits per heavy atom. The number of alkyl halides is 2. The van der Waals surface area contributed by atoms with Crippen LogP contribution in [0.3, 0.4) is 0 Å². The molecule has 1 aliphatic carbocycles. The maximum Gasteiger partial charge on any atom is 0.237 e. The Hall–Kier alpha value is -1.40. The number of benzene rings is 2. The average Bonchev–Trinajstić information content (AvgIpc) is 3.16. The summed E-state index contributed by atoms with van der Waals surface area (Å²) >= 11 is 18.7. The summed E-state index contributed by atoms with van der Waals surface area (Å²) in [6.07, 6.45) is 0.459. The molecule has 2 spiro atoms. The molecule has 0 aromatic heterocycles. The van der Waals surface area contributed by atoms with Crippen molar-refractivity contribution in [3.63, 3.8) is 0 Å². The quantitative estimate of drug-likeness (QED) is 0.604. The Balaban J connectivity index is 1.72. The third kappa shape index (κ3) is 2.56. The van der Waals surface area contributed by atoms with Crippen LogP contribution in [0.4, 0.5) is 14.5 Å². The van der Waals surface area contributed by atoms with Crippen LogP contribution in [0, 0.1) is 5.41 Å². The molecule has 3 nitrogen and oxygen atoms in total. The lowest BCUT2D eigenvalue weighted by molar-refractivity contribution is -0.131. The minimum Gasteiger partial charge on any atom is -0.325 e. The first kappa shape index (κ1) is 20.5. The molecule has 158 valence electrons. The number of fused-ring (bicyclic) bond motifs is 3. The maximum atomic E-state index is 13.8. The molecule has 2 aromatic carbocycles. The molecule has 5 rings (SSSR count). The summed E-state index contributed by atoms with van der Waals surface area (Å²) in [5.74, 6) is -0.509. The van der Waals surface area contributed by atoms with Gasteiger partial charge in [-0.05, 0) is 54.3 Å². The number of anilines is 1. The zero-order valence-corrected chi connectivity index (χ0v) is 18.1. The molecule has 1 amide bonds. The van der Waals surface area contributed by atoms with Crippen molar-refractivity contribution >= 4 is 46.4 Å². The van der Waals surface area contributed by atoms with Crippen molar-refractivity contribution in [2.75, 3.05) is 25.2 Å². The van der Waals surface area contributed by atoms with E-state index in [1.54, 1.807) is 30.3 Å². The standard InChI is InChI=1S/C22H19Cl3F2N2O/c23-13-1-2-16-18(6-13)29-19(30)22(16)17(12-3-14(24)5-15(25)4-12)7-28-21(22)8-20(9-21,10-26)11-27/h1-6,17,28H,7-11H2,(H,29,30)/t17-,22-/m1/s1. The van der Waals surface area contributed by atoms with Gasteiger partial charge < -0.3 is 10.6 Å². The van der Waals surface area contributed by atoms with Gasteiger partial charge in [-0.1, -0.05) is 40.9 Å². The van der Waals surface area contributed by atoms with E-state index in [0.717, 1.165) is 11.1 Å². The molecule has 0 unspecified atom stereocenters. The van der Waals surface area contributed by atoms with Gasteiger partial charge in [-0.25, -0.2) is 0 Å². The van der Waals surface area contributed by atoms with Crippen LogP contribution < -0.4 is 10.6 Å². The summed E-state index contributed by atoms with van der Waals surface area (Å²) in [6.45, 7) is -1.06. The number of hydrogen-bond acceptors (Lipinski definition) is 2. The summed E-state index contributed by atoms with van der Waals surface area (Å²) < 4.78 is 27.5. The molecule has 2 aromatic rings. The van der Waals surface area contributed by atoms with Crippen molar-refractivity contribution in [1.29, 1.82) is 0 Å². The van der Waals surface area contributed by atoms with E-state index in [4.69, 9.17) is 34.8 Å². The van der Waals surface area contributed by atoms with Crippen LogP contribution in [0.1, 0.15) is 29.9 Å². The molecular formula is C22H19Cl3F2N2O. The van der Waals surface area contributed by atoms with Crippen molar-refractivity contribution in [2.45, 2.75) is 29.7 Å². The van der Waals surface area contributed by atoms with Crippen LogP contribution in [0.25, 0.3) is 0 Å². The van der Waals surface area contributed by atoms with Crippen molar-refractivity contribution in [3.05, 3.63) is 62.6 Å². The Kier molecular flexibility index (Phi) is 4.64. The number of hydrogen-bond donors (Lipinski definition) is 2. The summed E-state index contributed by atoms with van der Waals surface area (Å²) in [6, 6.07) is 10.5. The summed E-state index contributed by atoms with van der Waals surface area (Å²) in [5.41, 5.74) is -0.646. The molecule has 2 atom stereocenters. The molecule has 1 saturated carbocycles. The fourth-order valence-corrected chi connectivity index (χ4v) is 6.77. The number of carbonyl (C=O) groups is 1. The third-order valence-corrected chi connectivity index (χ3v) is 7.81. The number of nitrogens with one attached hydrogen (secondary N) is 2.